The molecule has 3 aromatic carbocycles. The summed E-state index contributed by atoms with van der Waals surface area (Å²) in [4.78, 5) is 2.22. The lowest BCUT2D eigenvalue weighted by molar-refractivity contribution is 0.142. The van der Waals surface area contributed by atoms with E-state index >= 15 is 0 Å². The Hall–Kier alpha value is -2.03. The molecule has 0 saturated heterocycles. The van der Waals surface area contributed by atoms with Crippen molar-refractivity contribution in [3.05, 3.63) is 65.7 Å². The van der Waals surface area contributed by atoms with Gasteiger partial charge >= 0.3 is 0 Å². The Morgan fingerprint density at radius 1 is 0.926 bits per heavy atom. The fourth-order valence-electron chi connectivity index (χ4n) is 4.27. The van der Waals surface area contributed by atoms with E-state index in [1.807, 2.05) is 0 Å². The fourth-order valence-corrected chi connectivity index (χ4v) is 4.27. The van der Waals surface area contributed by atoms with Gasteiger partial charge in [0.25, 0.3) is 0 Å². The maximum absolute atomic E-state index is 6.38. The van der Waals surface area contributed by atoms with Crippen LogP contribution < -0.4 is 4.74 Å². The van der Waals surface area contributed by atoms with Crippen LogP contribution in [0, 0.1) is 5.41 Å². The van der Waals surface area contributed by atoms with Gasteiger partial charge in [-0.1, -0.05) is 62.4 Å². The van der Waals surface area contributed by atoms with Crippen LogP contribution >= 0.6 is 12.4 Å². The molecule has 0 unspecified atom stereocenters. The highest BCUT2D eigenvalue weighted by Gasteiger charge is 2.24. The lowest BCUT2D eigenvalue weighted by Crippen LogP contribution is -2.33. The molecule has 0 aromatic heterocycles. The van der Waals surface area contributed by atoms with Crippen LogP contribution in [0.1, 0.15) is 25.0 Å². The van der Waals surface area contributed by atoms with E-state index in [-0.39, 0.29) is 17.8 Å². The number of ether oxygens (including phenoxy) is 1. The van der Waals surface area contributed by atoms with Crippen molar-refractivity contribution in [3.8, 4) is 16.9 Å². The van der Waals surface area contributed by atoms with E-state index in [0.717, 1.165) is 18.7 Å². The van der Waals surface area contributed by atoms with Gasteiger partial charge in [-0.3, -0.25) is 0 Å². The van der Waals surface area contributed by atoms with Crippen molar-refractivity contribution in [1.82, 2.24) is 4.90 Å². The van der Waals surface area contributed by atoms with Crippen molar-refractivity contribution >= 4 is 23.2 Å². The average Bonchev–Trinajstić information content (AvgIpc) is 2.97. The summed E-state index contributed by atoms with van der Waals surface area (Å²) < 4.78 is 6.38. The molecule has 1 aliphatic carbocycles. The maximum Gasteiger partial charge on any atom is 0.127 e. The third kappa shape index (κ3) is 3.83. The van der Waals surface area contributed by atoms with Crippen molar-refractivity contribution in [2.75, 3.05) is 27.2 Å². The van der Waals surface area contributed by atoms with E-state index in [1.165, 1.54) is 33.0 Å². The number of nitrogens with zero attached hydrogens (tertiary/aromatic N) is 1. The van der Waals surface area contributed by atoms with Gasteiger partial charge in [0.1, 0.15) is 5.75 Å². The highest BCUT2D eigenvalue weighted by Crippen LogP contribution is 2.44. The molecule has 0 amide bonds. The molecule has 2 nitrogen and oxygen atoms in total. The summed E-state index contributed by atoms with van der Waals surface area (Å²) in [5.74, 6) is 1.01. The Bertz CT molecular complexity index is 962. The topological polar surface area (TPSA) is 12.5 Å². The van der Waals surface area contributed by atoms with Gasteiger partial charge in [0.15, 0.2) is 0 Å². The first-order valence-corrected chi connectivity index (χ1v) is 9.35. The van der Waals surface area contributed by atoms with E-state index in [1.54, 1.807) is 0 Å². The molecule has 0 atom stereocenters. The van der Waals surface area contributed by atoms with Crippen LogP contribution in [0.15, 0.2) is 54.6 Å². The van der Waals surface area contributed by atoms with Crippen LogP contribution in [-0.2, 0) is 6.42 Å². The van der Waals surface area contributed by atoms with Gasteiger partial charge in [0.2, 0.25) is 0 Å². The Balaban J connectivity index is 0.00000210. The van der Waals surface area contributed by atoms with Gasteiger partial charge in [-0.05, 0) is 54.2 Å². The highest BCUT2D eigenvalue weighted by atomic mass is 35.5. The van der Waals surface area contributed by atoms with Crippen LogP contribution in [0.25, 0.3) is 21.9 Å². The lowest BCUT2D eigenvalue weighted by Gasteiger charge is -2.28. The van der Waals surface area contributed by atoms with E-state index in [2.05, 4.69) is 87.4 Å². The van der Waals surface area contributed by atoms with E-state index in [0.29, 0.717) is 6.61 Å². The molecule has 0 aliphatic heterocycles. The molecule has 3 aromatic rings. The smallest absolute Gasteiger partial charge is 0.127 e. The molecule has 3 heteroatoms. The van der Waals surface area contributed by atoms with Crippen LogP contribution in [0.3, 0.4) is 0 Å². The van der Waals surface area contributed by atoms with Crippen LogP contribution in [0.5, 0.6) is 5.75 Å². The van der Waals surface area contributed by atoms with Crippen molar-refractivity contribution in [3.63, 3.8) is 0 Å². The summed E-state index contributed by atoms with van der Waals surface area (Å²) in [6, 6.07) is 19.7. The molecule has 0 saturated carbocycles. The zero-order valence-electron chi connectivity index (χ0n) is 16.6. The molecule has 1 aliphatic rings. The third-order valence-corrected chi connectivity index (χ3v) is 5.12. The Kier molecular flexibility index (Phi) is 5.50. The molecule has 0 fully saturated rings. The minimum Gasteiger partial charge on any atom is -0.492 e. The van der Waals surface area contributed by atoms with Crippen molar-refractivity contribution in [2.45, 2.75) is 20.3 Å². The van der Waals surface area contributed by atoms with Gasteiger partial charge in [-0.2, -0.15) is 0 Å². The first-order valence-electron chi connectivity index (χ1n) is 9.35. The predicted octanol–water partition coefficient (Wildman–Crippen LogP) is 5.80. The normalized spacial score (nSPS) is 12.6. The summed E-state index contributed by atoms with van der Waals surface area (Å²) in [6.07, 6.45) is 0.994. The second-order valence-electron chi connectivity index (χ2n) is 8.48. The summed E-state index contributed by atoms with van der Waals surface area (Å²) in [5, 5.41) is 2.51. The molecule has 0 N–H and O–H groups in total. The largest absolute Gasteiger partial charge is 0.492 e. The lowest BCUT2D eigenvalue weighted by atomic mass is 9.94. The van der Waals surface area contributed by atoms with E-state index in [4.69, 9.17) is 4.74 Å². The number of benzene rings is 3. The van der Waals surface area contributed by atoms with Crippen LogP contribution in [0.2, 0.25) is 0 Å². The highest BCUT2D eigenvalue weighted by molar-refractivity contribution is 6.04. The summed E-state index contributed by atoms with van der Waals surface area (Å²) in [7, 11) is 4.23. The first-order chi connectivity index (χ1) is 12.4. The predicted molar refractivity (Wildman–Crippen MR) is 117 cm³/mol. The molecule has 27 heavy (non-hydrogen) atoms. The van der Waals surface area contributed by atoms with E-state index in [9.17, 15) is 0 Å². The zero-order valence-corrected chi connectivity index (χ0v) is 17.4. The van der Waals surface area contributed by atoms with Crippen molar-refractivity contribution in [1.29, 1.82) is 0 Å². The third-order valence-electron chi connectivity index (χ3n) is 5.12. The average molecular weight is 382 g/mol. The second kappa shape index (κ2) is 7.53. The van der Waals surface area contributed by atoms with Gasteiger partial charge in [0.05, 0.1) is 6.61 Å². The van der Waals surface area contributed by atoms with Crippen LogP contribution in [-0.4, -0.2) is 32.1 Å². The summed E-state index contributed by atoms with van der Waals surface area (Å²) in [6.45, 7) is 6.24. The van der Waals surface area contributed by atoms with Crippen molar-refractivity contribution in [2.24, 2.45) is 5.41 Å². The zero-order chi connectivity index (χ0) is 18.3. The van der Waals surface area contributed by atoms with Crippen LogP contribution in [0.4, 0.5) is 0 Å². The number of hydrogen-bond acceptors (Lipinski definition) is 2. The minimum absolute atomic E-state index is 0. The van der Waals surface area contributed by atoms with Gasteiger partial charge in [0, 0.05) is 17.3 Å². The second-order valence-corrected chi connectivity index (χ2v) is 8.48. The molecule has 0 radical (unpaired) electrons. The standard InChI is InChI=1S/C24H27NO.ClH/c1-24(2,15-25(3)4)16-26-22-14-18-13-17-9-5-6-10-19(17)23(18)21-12-8-7-11-20(21)22;/h5-12,14H,13,15-16H2,1-4H3;1H. The molecular formula is C24H28ClNO. The molecule has 4 rings (SSSR count). The SMILES string of the molecule is CN(C)CC(C)(C)COc1cc2c(c3ccccc13)-c1ccccc1C2.Cl. The number of hydrogen-bond donors (Lipinski definition) is 0. The summed E-state index contributed by atoms with van der Waals surface area (Å²) in [5.41, 5.74) is 5.66. The molecule has 0 heterocycles. The van der Waals surface area contributed by atoms with Gasteiger partial charge in [-0.25, -0.2) is 0 Å². The Labute approximate surface area is 168 Å². The number of fused-ring (bicyclic) bond motifs is 5. The minimum atomic E-state index is 0. The maximum atomic E-state index is 6.38. The Morgan fingerprint density at radius 3 is 2.33 bits per heavy atom. The molecule has 142 valence electrons. The Morgan fingerprint density at radius 2 is 1.59 bits per heavy atom. The molecule has 0 spiro atoms. The number of rotatable bonds is 5. The quantitative estimate of drug-likeness (QED) is 0.433. The van der Waals surface area contributed by atoms with Gasteiger partial charge in [-0.15, -0.1) is 12.4 Å². The fraction of sp³-hybridized carbons (Fsp3) is 0.333. The summed E-state index contributed by atoms with van der Waals surface area (Å²) >= 11 is 0. The van der Waals surface area contributed by atoms with E-state index < -0.39 is 0 Å². The first kappa shape index (κ1) is 19.7. The van der Waals surface area contributed by atoms with Crippen molar-refractivity contribution < 1.29 is 4.74 Å². The molecular weight excluding hydrogens is 354 g/mol. The number of halogens is 1. The van der Waals surface area contributed by atoms with Gasteiger partial charge < -0.3 is 9.64 Å². The monoisotopic (exact) mass is 381 g/mol. The molecule has 0 bridgehead atoms.